The van der Waals surface area contributed by atoms with Gasteiger partial charge in [0.2, 0.25) is 0 Å². The number of hydrazone groups is 1. The maximum Gasteiger partial charge on any atom is 0.329 e. The predicted octanol–water partition coefficient (Wildman–Crippen LogP) is 1.45. The van der Waals surface area contributed by atoms with Gasteiger partial charge in [-0.3, -0.25) is 9.59 Å². The Morgan fingerprint density at radius 3 is 2.48 bits per heavy atom. The summed E-state index contributed by atoms with van der Waals surface area (Å²) in [5.74, 6) is -0.697. The predicted molar refractivity (Wildman–Crippen MR) is 81.2 cm³/mol. The summed E-state index contributed by atoms with van der Waals surface area (Å²) in [6.45, 7) is 6.27. The molecule has 0 heterocycles. The Labute approximate surface area is 124 Å². The van der Waals surface area contributed by atoms with E-state index in [1.807, 2.05) is 32.9 Å². The third kappa shape index (κ3) is 6.07. The van der Waals surface area contributed by atoms with E-state index in [0.29, 0.717) is 6.61 Å². The Kier molecular flexibility index (Phi) is 6.94. The Morgan fingerprint density at radius 2 is 1.90 bits per heavy atom. The molecule has 0 aromatic heterocycles. The molecule has 1 aromatic rings. The van der Waals surface area contributed by atoms with E-state index >= 15 is 0 Å². The van der Waals surface area contributed by atoms with Crippen LogP contribution in [-0.4, -0.2) is 30.7 Å². The van der Waals surface area contributed by atoms with E-state index < -0.39 is 11.8 Å². The number of nitrogens with one attached hydrogen (secondary N) is 2. The summed E-state index contributed by atoms with van der Waals surface area (Å²) < 4.78 is 5.32. The summed E-state index contributed by atoms with van der Waals surface area (Å²) in [5.41, 5.74) is 2.98. The average Bonchev–Trinajstić information content (AvgIpc) is 2.49. The van der Waals surface area contributed by atoms with Crippen LogP contribution in [-0.2, 0) is 9.59 Å². The lowest BCUT2D eigenvalue weighted by Gasteiger charge is -2.09. The van der Waals surface area contributed by atoms with E-state index in [9.17, 15) is 9.59 Å². The summed E-state index contributed by atoms with van der Waals surface area (Å²) in [6, 6.07) is 7.18. The summed E-state index contributed by atoms with van der Waals surface area (Å²) in [4.78, 5) is 22.9. The van der Waals surface area contributed by atoms with Gasteiger partial charge < -0.3 is 10.1 Å². The lowest BCUT2D eigenvalue weighted by molar-refractivity contribution is -0.139. The van der Waals surface area contributed by atoms with Crippen molar-refractivity contribution >= 4 is 18.0 Å². The molecule has 2 amide bonds. The van der Waals surface area contributed by atoms with Crippen molar-refractivity contribution in [3.8, 4) is 5.75 Å². The summed E-state index contributed by atoms with van der Waals surface area (Å²) in [6.07, 6.45) is 2.22. The number of carbonyl (C=O) groups excluding carboxylic acids is 2. The maximum atomic E-state index is 11.5. The summed E-state index contributed by atoms with van der Waals surface area (Å²) in [5, 5.41) is 6.30. The molecule has 0 saturated carbocycles. The first-order valence-electron chi connectivity index (χ1n) is 6.93. The third-order valence-corrected chi connectivity index (χ3v) is 2.77. The normalized spacial score (nSPS) is 12.0. The van der Waals surface area contributed by atoms with Crippen molar-refractivity contribution in [3.05, 3.63) is 29.8 Å². The van der Waals surface area contributed by atoms with Crippen molar-refractivity contribution in [1.29, 1.82) is 0 Å². The highest BCUT2D eigenvalue weighted by molar-refractivity contribution is 6.35. The quantitative estimate of drug-likeness (QED) is 0.473. The lowest BCUT2D eigenvalue weighted by atomic mass is 10.2. The number of amides is 2. The zero-order valence-electron chi connectivity index (χ0n) is 12.6. The Balaban J connectivity index is 2.46. The molecule has 0 fully saturated rings. The minimum atomic E-state index is -0.780. The van der Waals surface area contributed by atoms with Crippen LogP contribution in [0.3, 0.4) is 0 Å². The third-order valence-electron chi connectivity index (χ3n) is 2.77. The molecule has 1 aromatic carbocycles. The van der Waals surface area contributed by atoms with Crippen LogP contribution in [0.25, 0.3) is 0 Å². The van der Waals surface area contributed by atoms with Crippen LogP contribution in [0, 0.1) is 0 Å². The number of rotatable bonds is 6. The second kappa shape index (κ2) is 8.73. The van der Waals surface area contributed by atoms with Crippen molar-refractivity contribution in [2.45, 2.75) is 33.2 Å². The Morgan fingerprint density at radius 1 is 1.24 bits per heavy atom. The number of hydrogen-bond acceptors (Lipinski definition) is 4. The number of ether oxygens (including phenoxy) is 1. The molecular weight excluding hydrogens is 270 g/mol. The molecule has 1 rings (SSSR count). The van der Waals surface area contributed by atoms with Gasteiger partial charge in [-0.15, -0.1) is 0 Å². The van der Waals surface area contributed by atoms with E-state index in [4.69, 9.17) is 4.74 Å². The van der Waals surface area contributed by atoms with Crippen LogP contribution in [0.15, 0.2) is 29.4 Å². The molecular formula is C15H21N3O3. The van der Waals surface area contributed by atoms with Gasteiger partial charge in [-0.1, -0.05) is 6.92 Å². The van der Waals surface area contributed by atoms with Crippen molar-refractivity contribution < 1.29 is 14.3 Å². The van der Waals surface area contributed by atoms with Crippen molar-refractivity contribution in [2.24, 2.45) is 5.10 Å². The van der Waals surface area contributed by atoms with E-state index in [2.05, 4.69) is 15.8 Å². The SMILES string of the molecule is CCOc1ccc(/C=N\NC(=O)C(=O)N[C@@H](C)CC)cc1. The first-order valence-corrected chi connectivity index (χ1v) is 6.93. The first kappa shape index (κ1) is 16.7. The zero-order valence-corrected chi connectivity index (χ0v) is 12.6. The molecule has 0 aliphatic heterocycles. The monoisotopic (exact) mass is 291 g/mol. The van der Waals surface area contributed by atoms with Gasteiger partial charge in [0.25, 0.3) is 0 Å². The molecule has 6 heteroatoms. The molecule has 6 nitrogen and oxygen atoms in total. The molecule has 0 saturated heterocycles. The van der Waals surface area contributed by atoms with Gasteiger partial charge in [0.05, 0.1) is 12.8 Å². The maximum absolute atomic E-state index is 11.5. The zero-order chi connectivity index (χ0) is 15.7. The minimum Gasteiger partial charge on any atom is -0.494 e. The molecule has 21 heavy (non-hydrogen) atoms. The number of benzene rings is 1. The minimum absolute atomic E-state index is 0.0432. The van der Waals surface area contributed by atoms with E-state index in [1.165, 1.54) is 6.21 Å². The van der Waals surface area contributed by atoms with Crippen LogP contribution in [0.4, 0.5) is 0 Å². The van der Waals surface area contributed by atoms with Gasteiger partial charge in [0.15, 0.2) is 0 Å². The van der Waals surface area contributed by atoms with Gasteiger partial charge in [0.1, 0.15) is 5.75 Å². The van der Waals surface area contributed by atoms with Crippen molar-refractivity contribution in [3.63, 3.8) is 0 Å². The smallest absolute Gasteiger partial charge is 0.329 e. The first-order chi connectivity index (χ1) is 10.1. The summed E-state index contributed by atoms with van der Waals surface area (Å²) in [7, 11) is 0. The molecule has 0 unspecified atom stereocenters. The Bertz CT molecular complexity index is 497. The fourth-order valence-electron chi connectivity index (χ4n) is 1.42. The van der Waals surface area contributed by atoms with Gasteiger partial charge >= 0.3 is 11.8 Å². The van der Waals surface area contributed by atoms with Crippen LogP contribution >= 0.6 is 0 Å². The molecule has 0 aliphatic carbocycles. The highest BCUT2D eigenvalue weighted by atomic mass is 16.5. The van der Waals surface area contributed by atoms with E-state index in [-0.39, 0.29) is 6.04 Å². The molecule has 0 spiro atoms. The standard InChI is InChI=1S/C15H21N3O3/c1-4-11(3)17-14(19)15(20)18-16-10-12-6-8-13(9-7-12)21-5-2/h6-11H,4-5H2,1-3H3,(H,17,19)(H,18,20)/b16-10-/t11-/m0/s1. The molecule has 1 atom stereocenters. The summed E-state index contributed by atoms with van der Waals surface area (Å²) >= 11 is 0. The van der Waals surface area contributed by atoms with Crippen LogP contribution in [0.2, 0.25) is 0 Å². The topological polar surface area (TPSA) is 79.8 Å². The van der Waals surface area contributed by atoms with Gasteiger partial charge in [0, 0.05) is 6.04 Å². The number of nitrogens with zero attached hydrogens (tertiary/aromatic N) is 1. The van der Waals surface area contributed by atoms with Gasteiger partial charge in [-0.05, 0) is 50.1 Å². The lowest BCUT2D eigenvalue weighted by Crippen LogP contribution is -2.41. The van der Waals surface area contributed by atoms with Gasteiger partial charge in [-0.25, -0.2) is 5.43 Å². The highest BCUT2D eigenvalue weighted by Gasteiger charge is 2.14. The number of hydrogen-bond donors (Lipinski definition) is 2. The van der Waals surface area contributed by atoms with Crippen molar-refractivity contribution in [2.75, 3.05) is 6.61 Å². The van der Waals surface area contributed by atoms with Crippen molar-refractivity contribution in [1.82, 2.24) is 10.7 Å². The average molecular weight is 291 g/mol. The Hall–Kier alpha value is -2.37. The van der Waals surface area contributed by atoms with E-state index in [0.717, 1.165) is 17.7 Å². The second-order valence-electron chi connectivity index (χ2n) is 4.48. The van der Waals surface area contributed by atoms with Gasteiger partial charge in [-0.2, -0.15) is 5.10 Å². The van der Waals surface area contributed by atoms with Crippen LogP contribution < -0.4 is 15.5 Å². The van der Waals surface area contributed by atoms with Crippen LogP contribution in [0.1, 0.15) is 32.8 Å². The highest BCUT2D eigenvalue weighted by Crippen LogP contribution is 2.10. The molecule has 0 aliphatic rings. The fraction of sp³-hybridized carbons (Fsp3) is 0.400. The number of carbonyl (C=O) groups is 2. The fourth-order valence-corrected chi connectivity index (χ4v) is 1.42. The van der Waals surface area contributed by atoms with E-state index in [1.54, 1.807) is 12.1 Å². The molecule has 2 N–H and O–H groups in total. The molecule has 0 bridgehead atoms. The van der Waals surface area contributed by atoms with Crippen LogP contribution in [0.5, 0.6) is 5.75 Å². The molecule has 114 valence electrons. The second-order valence-corrected chi connectivity index (χ2v) is 4.48. The largest absolute Gasteiger partial charge is 0.494 e. The molecule has 0 radical (unpaired) electrons.